The number of aromatic nitrogens is 2. The minimum atomic E-state index is -3.62. The molecule has 3 aromatic rings. The van der Waals surface area contributed by atoms with Crippen LogP contribution in [0.5, 0.6) is 0 Å². The number of fused-ring (bicyclic) bond motifs is 1. The van der Waals surface area contributed by atoms with Gasteiger partial charge in [0.25, 0.3) is 5.91 Å². The highest BCUT2D eigenvalue weighted by Gasteiger charge is 2.26. The van der Waals surface area contributed by atoms with E-state index < -0.39 is 10.0 Å². The van der Waals surface area contributed by atoms with E-state index in [0.717, 1.165) is 24.0 Å². The molecule has 1 heterocycles. The quantitative estimate of drug-likeness (QED) is 0.544. The zero-order chi connectivity index (χ0) is 21.0. The van der Waals surface area contributed by atoms with Gasteiger partial charge >= 0.3 is 0 Å². The predicted molar refractivity (Wildman–Crippen MR) is 113 cm³/mol. The minimum Gasteiger partial charge on any atom is -0.345 e. The number of carbonyl (C=O) groups is 1. The largest absolute Gasteiger partial charge is 0.345 e. The third kappa shape index (κ3) is 4.60. The molecule has 0 aliphatic heterocycles. The summed E-state index contributed by atoms with van der Waals surface area (Å²) < 4.78 is 29.9. The molecule has 2 N–H and O–H groups in total. The zero-order valence-corrected chi connectivity index (χ0v) is 17.3. The van der Waals surface area contributed by atoms with Crippen LogP contribution in [0, 0.1) is 0 Å². The van der Waals surface area contributed by atoms with Gasteiger partial charge in [0.15, 0.2) is 0 Å². The monoisotopic (exact) mass is 424 g/mol. The Labute approximate surface area is 176 Å². The van der Waals surface area contributed by atoms with E-state index in [9.17, 15) is 13.2 Å². The SMILES string of the molecule is O=C(N[C@H]1CCc2ccc(S(=O)(=O)NCCCn3cccn3)cc21)c1ccccc1. The van der Waals surface area contributed by atoms with Crippen molar-refractivity contribution in [1.29, 1.82) is 0 Å². The Morgan fingerprint density at radius 1 is 1.13 bits per heavy atom. The average molecular weight is 425 g/mol. The lowest BCUT2D eigenvalue weighted by molar-refractivity contribution is 0.0936. The number of sulfonamides is 1. The Morgan fingerprint density at radius 3 is 2.73 bits per heavy atom. The van der Waals surface area contributed by atoms with Gasteiger partial charge in [-0.15, -0.1) is 0 Å². The molecule has 0 radical (unpaired) electrons. The van der Waals surface area contributed by atoms with E-state index in [2.05, 4.69) is 15.1 Å². The molecule has 0 fully saturated rings. The molecule has 0 saturated heterocycles. The lowest BCUT2D eigenvalue weighted by atomic mass is 10.1. The maximum Gasteiger partial charge on any atom is 0.251 e. The van der Waals surface area contributed by atoms with Gasteiger partial charge in [-0.25, -0.2) is 13.1 Å². The van der Waals surface area contributed by atoms with Crippen molar-refractivity contribution in [2.45, 2.75) is 36.7 Å². The topological polar surface area (TPSA) is 93.1 Å². The van der Waals surface area contributed by atoms with Gasteiger partial charge in [-0.2, -0.15) is 5.10 Å². The first-order chi connectivity index (χ1) is 14.5. The van der Waals surface area contributed by atoms with Crippen LogP contribution in [-0.4, -0.2) is 30.7 Å². The van der Waals surface area contributed by atoms with Gasteiger partial charge in [-0.3, -0.25) is 9.48 Å². The Bertz CT molecular complexity index is 1110. The normalized spacial score (nSPS) is 15.7. The Morgan fingerprint density at radius 2 is 1.97 bits per heavy atom. The Balaban J connectivity index is 1.42. The molecular weight excluding hydrogens is 400 g/mol. The van der Waals surface area contributed by atoms with Gasteiger partial charge in [0, 0.05) is 31.0 Å². The van der Waals surface area contributed by atoms with Gasteiger partial charge in [0.1, 0.15) is 0 Å². The van der Waals surface area contributed by atoms with Crippen LogP contribution >= 0.6 is 0 Å². The third-order valence-electron chi connectivity index (χ3n) is 5.26. The number of amides is 1. The summed E-state index contributed by atoms with van der Waals surface area (Å²) in [6.07, 6.45) is 5.75. The molecule has 1 aliphatic carbocycles. The number of hydrogen-bond acceptors (Lipinski definition) is 4. The average Bonchev–Trinajstić information content (AvgIpc) is 3.42. The first-order valence-electron chi connectivity index (χ1n) is 9.99. The number of hydrogen-bond donors (Lipinski definition) is 2. The molecule has 1 aliphatic rings. The maximum absolute atomic E-state index is 12.7. The molecule has 2 aromatic carbocycles. The summed E-state index contributed by atoms with van der Waals surface area (Å²) in [4.78, 5) is 12.7. The van der Waals surface area contributed by atoms with Crippen molar-refractivity contribution in [1.82, 2.24) is 19.8 Å². The molecule has 1 aromatic heterocycles. The number of benzene rings is 2. The van der Waals surface area contributed by atoms with Crippen molar-refractivity contribution in [3.63, 3.8) is 0 Å². The molecule has 30 heavy (non-hydrogen) atoms. The number of carbonyl (C=O) groups excluding carboxylic acids is 1. The Hall–Kier alpha value is -2.97. The molecule has 0 saturated carbocycles. The molecule has 1 atom stereocenters. The minimum absolute atomic E-state index is 0.154. The van der Waals surface area contributed by atoms with Crippen LogP contribution in [0.4, 0.5) is 0 Å². The van der Waals surface area contributed by atoms with Gasteiger partial charge in [-0.05, 0) is 60.7 Å². The van der Waals surface area contributed by atoms with Crippen molar-refractivity contribution in [2.24, 2.45) is 0 Å². The van der Waals surface area contributed by atoms with E-state index in [4.69, 9.17) is 0 Å². The van der Waals surface area contributed by atoms with Crippen LogP contribution in [0.1, 0.15) is 40.4 Å². The van der Waals surface area contributed by atoms with Crippen LogP contribution in [0.15, 0.2) is 71.9 Å². The van der Waals surface area contributed by atoms with Crippen molar-refractivity contribution in [2.75, 3.05) is 6.54 Å². The molecule has 8 heteroatoms. The van der Waals surface area contributed by atoms with E-state index in [1.807, 2.05) is 36.5 Å². The second-order valence-electron chi connectivity index (χ2n) is 7.31. The molecular formula is C22H24N4O3S. The molecule has 0 unspecified atom stereocenters. The van der Waals surface area contributed by atoms with Crippen molar-refractivity contribution in [3.8, 4) is 0 Å². The fourth-order valence-corrected chi connectivity index (χ4v) is 4.80. The number of nitrogens with one attached hydrogen (secondary N) is 2. The standard InChI is InChI=1S/C22H24N4O3S/c27-22(18-6-2-1-3-7-18)25-21-11-9-17-8-10-19(16-20(17)21)30(28,29)24-13-5-15-26-14-4-12-23-26/h1-4,6-8,10,12,14,16,21,24H,5,9,11,13,15H2,(H,25,27)/t21-/m0/s1. The summed E-state index contributed by atoms with van der Waals surface area (Å²) in [5.41, 5.74) is 2.54. The first-order valence-corrected chi connectivity index (χ1v) is 11.5. The molecule has 156 valence electrons. The van der Waals surface area contributed by atoms with E-state index in [1.54, 1.807) is 35.1 Å². The lowest BCUT2D eigenvalue weighted by Gasteiger charge is -2.15. The smallest absolute Gasteiger partial charge is 0.251 e. The van der Waals surface area contributed by atoms with E-state index in [1.165, 1.54) is 0 Å². The molecule has 0 bridgehead atoms. The summed E-state index contributed by atoms with van der Waals surface area (Å²) in [7, 11) is -3.62. The van der Waals surface area contributed by atoms with Crippen LogP contribution in [0.3, 0.4) is 0 Å². The molecule has 1 amide bonds. The fraction of sp³-hybridized carbons (Fsp3) is 0.273. The van der Waals surface area contributed by atoms with Crippen LogP contribution in [-0.2, 0) is 23.0 Å². The molecule has 0 spiro atoms. The maximum atomic E-state index is 12.7. The van der Waals surface area contributed by atoms with Gasteiger partial charge in [0.2, 0.25) is 10.0 Å². The van der Waals surface area contributed by atoms with Crippen molar-refractivity contribution in [3.05, 3.63) is 83.7 Å². The number of nitrogens with zero attached hydrogens (tertiary/aromatic N) is 2. The highest BCUT2D eigenvalue weighted by atomic mass is 32.2. The van der Waals surface area contributed by atoms with Crippen LogP contribution in [0.2, 0.25) is 0 Å². The molecule has 4 rings (SSSR count). The summed E-state index contributed by atoms with van der Waals surface area (Å²) >= 11 is 0. The highest BCUT2D eigenvalue weighted by molar-refractivity contribution is 7.89. The van der Waals surface area contributed by atoms with Crippen LogP contribution in [0.25, 0.3) is 0 Å². The second-order valence-corrected chi connectivity index (χ2v) is 9.08. The Kier molecular flexibility index (Phi) is 5.96. The lowest BCUT2D eigenvalue weighted by Crippen LogP contribution is -2.28. The van der Waals surface area contributed by atoms with E-state index in [-0.39, 0.29) is 16.8 Å². The van der Waals surface area contributed by atoms with E-state index >= 15 is 0 Å². The third-order valence-corrected chi connectivity index (χ3v) is 6.72. The van der Waals surface area contributed by atoms with Crippen molar-refractivity contribution < 1.29 is 13.2 Å². The van der Waals surface area contributed by atoms with E-state index in [0.29, 0.717) is 25.1 Å². The van der Waals surface area contributed by atoms with Crippen molar-refractivity contribution >= 4 is 15.9 Å². The summed E-state index contributed by atoms with van der Waals surface area (Å²) in [5.74, 6) is -0.154. The first kappa shape index (κ1) is 20.3. The summed E-state index contributed by atoms with van der Waals surface area (Å²) in [6.45, 7) is 0.973. The number of aryl methyl sites for hydroxylation is 2. The second kappa shape index (κ2) is 8.81. The highest BCUT2D eigenvalue weighted by Crippen LogP contribution is 2.33. The summed E-state index contributed by atoms with van der Waals surface area (Å²) in [5, 5.41) is 7.14. The zero-order valence-electron chi connectivity index (χ0n) is 16.5. The number of rotatable bonds is 8. The summed E-state index contributed by atoms with van der Waals surface area (Å²) in [6, 6.07) is 15.8. The molecule has 7 nitrogen and oxygen atoms in total. The predicted octanol–water partition coefficient (Wildman–Crippen LogP) is 2.67. The fourth-order valence-electron chi connectivity index (χ4n) is 3.69. The van der Waals surface area contributed by atoms with Gasteiger partial charge in [-0.1, -0.05) is 24.3 Å². The van der Waals surface area contributed by atoms with Gasteiger partial charge < -0.3 is 5.32 Å². The van der Waals surface area contributed by atoms with Gasteiger partial charge in [0.05, 0.1) is 10.9 Å². The van der Waals surface area contributed by atoms with Crippen LogP contribution < -0.4 is 10.0 Å².